The van der Waals surface area contributed by atoms with Gasteiger partial charge in [-0.15, -0.1) is 0 Å². The molecule has 2 N–H and O–H groups in total. The highest BCUT2D eigenvalue weighted by molar-refractivity contribution is 6.82. The van der Waals surface area contributed by atoms with Gasteiger partial charge in [0, 0.05) is 5.22 Å². The largest absolute Gasteiger partial charge is 0.415 e. The molecule has 0 aliphatic carbocycles. The summed E-state index contributed by atoms with van der Waals surface area (Å²) >= 11 is 0. The van der Waals surface area contributed by atoms with Gasteiger partial charge in [-0.25, -0.2) is 0 Å². The van der Waals surface area contributed by atoms with Crippen LogP contribution in [0.25, 0.3) is 0 Å². The van der Waals surface area contributed by atoms with Gasteiger partial charge in [-0.05, 0) is 44.9 Å². The molecular weight excluding hydrogens is 254 g/mol. The van der Waals surface area contributed by atoms with Crippen molar-refractivity contribution in [1.82, 2.24) is 0 Å². The SMILES string of the molecule is CC(C)(O[Si](C)(C)C(C)(C)C)[Si](C)(C)CCCN. The molecule has 0 aromatic carbocycles. The summed E-state index contributed by atoms with van der Waals surface area (Å²) in [7, 11) is -3.09. The lowest BCUT2D eigenvalue weighted by Crippen LogP contribution is -2.58. The number of nitrogens with two attached hydrogens (primary N) is 1. The van der Waals surface area contributed by atoms with Crippen LogP contribution in [0.4, 0.5) is 0 Å². The van der Waals surface area contributed by atoms with E-state index in [1.165, 1.54) is 6.04 Å². The Morgan fingerprint density at radius 3 is 1.72 bits per heavy atom. The molecule has 0 heterocycles. The molecular formula is C14H35NOSi2. The van der Waals surface area contributed by atoms with Crippen LogP contribution in [0, 0.1) is 0 Å². The van der Waals surface area contributed by atoms with E-state index in [1.54, 1.807) is 0 Å². The standard InChI is InChI=1S/C14H35NOSi2/c1-13(2,3)18(8,9)16-14(4,5)17(6,7)12-10-11-15/h10-12,15H2,1-9H3. The average Bonchev–Trinajstić information content (AvgIpc) is 2.10. The van der Waals surface area contributed by atoms with Gasteiger partial charge in [-0.1, -0.05) is 39.9 Å². The van der Waals surface area contributed by atoms with Gasteiger partial charge >= 0.3 is 0 Å². The Morgan fingerprint density at radius 2 is 1.39 bits per heavy atom. The molecule has 0 unspecified atom stereocenters. The van der Waals surface area contributed by atoms with Gasteiger partial charge < -0.3 is 10.2 Å². The topological polar surface area (TPSA) is 35.2 Å². The summed E-state index contributed by atoms with van der Waals surface area (Å²) in [4.78, 5) is 0. The van der Waals surface area contributed by atoms with Crippen LogP contribution in [-0.2, 0) is 4.43 Å². The Kier molecular flexibility index (Phi) is 5.89. The summed E-state index contributed by atoms with van der Waals surface area (Å²) in [6.07, 6.45) is 1.13. The van der Waals surface area contributed by atoms with E-state index >= 15 is 0 Å². The van der Waals surface area contributed by atoms with Crippen molar-refractivity contribution >= 4 is 16.4 Å². The van der Waals surface area contributed by atoms with Crippen molar-refractivity contribution in [1.29, 1.82) is 0 Å². The Balaban J connectivity index is 4.94. The number of rotatable bonds is 6. The first-order valence-corrected chi connectivity index (χ1v) is 13.3. The maximum atomic E-state index is 6.71. The highest BCUT2D eigenvalue weighted by atomic mass is 28.4. The lowest BCUT2D eigenvalue weighted by molar-refractivity contribution is 0.162. The fourth-order valence-corrected chi connectivity index (χ4v) is 6.92. The third-order valence-corrected chi connectivity index (χ3v) is 14.8. The van der Waals surface area contributed by atoms with Gasteiger partial charge in [0.2, 0.25) is 0 Å². The number of hydrogen-bond acceptors (Lipinski definition) is 2. The summed E-state index contributed by atoms with van der Waals surface area (Å²) in [5.74, 6) is 0. The van der Waals surface area contributed by atoms with E-state index in [1.807, 2.05) is 0 Å². The van der Waals surface area contributed by atoms with Crippen LogP contribution in [0.5, 0.6) is 0 Å². The van der Waals surface area contributed by atoms with Gasteiger partial charge in [0.25, 0.3) is 0 Å². The third-order valence-electron chi connectivity index (χ3n) is 4.95. The summed E-state index contributed by atoms with van der Waals surface area (Å²) in [5, 5.41) is 0.313. The highest BCUT2D eigenvalue weighted by Gasteiger charge is 2.47. The molecule has 110 valence electrons. The first-order chi connectivity index (χ1) is 7.77. The minimum Gasteiger partial charge on any atom is -0.415 e. The van der Waals surface area contributed by atoms with Crippen molar-refractivity contribution in [2.24, 2.45) is 5.73 Å². The van der Waals surface area contributed by atoms with Crippen LogP contribution in [0.2, 0.25) is 37.3 Å². The van der Waals surface area contributed by atoms with Crippen LogP contribution in [0.1, 0.15) is 41.0 Å². The minimum absolute atomic E-state index is 0.0329. The zero-order chi connectivity index (χ0) is 14.8. The summed E-state index contributed by atoms with van der Waals surface area (Å²) in [5.41, 5.74) is 5.67. The van der Waals surface area contributed by atoms with Crippen molar-refractivity contribution in [3.05, 3.63) is 0 Å². The van der Waals surface area contributed by atoms with E-state index in [0.29, 0.717) is 0 Å². The quantitative estimate of drug-likeness (QED) is 0.736. The summed E-state index contributed by atoms with van der Waals surface area (Å²) in [6, 6.07) is 1.26. The Morgan fingerprint density at radius 1 is 0.944 bits per heavy atom. The molecule has 0 bridgehead atoms. The van der Waals surface area contributed by atoms with Crippen LogP contribution in [0.15, 0.2) is 0 Å². The van der Waals surface area contributed by atoms with Gasteiger partial charge in [0.15, 0.2) is 8.32 Å². The molecule has 0 radical (unpaired) electrons. The fraction of sp³-hybridized carbons (Fsp3) is 1.00. The maximum absolute atomic E-state index is 6.71. The van der Waals surface area contributed by atoms with Crippen molar-refractivity contribution in [2.45, 2.75) is 83.5 Å². The normalized spacial score (nSPS) is 15.0. The lowest BCUT2D eigenvalue weighted by Gasteiger charge is -2.49. The van der Waals surface area contributed by atoms with Crippen molar-refractivity contribution in [3.63, 3.8) is 0 Å². The number of hydrogen-bond donors (Lipinski definition) is 1. The molecule has 0 aliphatic heterocycles. The molecule has 4 heteroatoms. The first kappa shape index (κ1) is 18.4. The molecule has 0 atom stereocenters. The van der Waals surface area contributed by atoms with E-state index in [4.69, 9.17) is 10.2 Å². The van der Waals surface area contributed by atoms with Gasteiger partial charge in [-0.2, -0.15) is 0 Å². The second kappa shape index (κ2) is 5.77. The van der Waals surface area contributed by atoms with E-state index < -0.39 is 16.4 Å². The molecule has 0 rings (SSSR count). The third kappa shape index (κ3) is 4.47. The van der Waals surface area contributed by atoms with Crippen LogP contribution < -0.4 is 5.73 Å². The molecule has 0 aromatic heterocycles. The average molecular weight is 290 g/mol. The lowest BCUT2D eigenvalue weighted by atomic mass is 10.2. The maximum Gasteiger partial charge on any atom is 0.192 e. The molecule has 0 spiro atoms. The van der Waals surface area contributed by atoms with E-state index in [0.717, 1.165) is 13.0 Å². The van der Waals surface area contributed by atoms with E-state index in [2.05, 4.69) is 60.8 Å². The molecule has 0 saturated carbocycles. The van der Waals surface area contributed by atoms with Crippen LogP contribution >= 0.6 is 0 Å². The van der Waals surface area contributed by atoms with Gasteiger partial charge in [0.05, 0.1) is 8.07 Å². The zero-order valence-corrected chi connectivity index (χ0v) is 16.1. The predicted molar refractivity (Wildman–Crippen MR) is 88.3 cm³/mol. The van der Waals surface area contributed by atoms with Crippen molar-refractivity contribution in [3.8, 4) is 0 Å². The summed E-state index contributed by atoms with van der Waals surface area (Å²) < 4.78 is 6.71. The van der Waals surface area contributed by atoms with Crippen molar-refractivity contribution < 1.29 is 4.43 Å². The van der Waals surface area contributed by atoms with E-state index in [-0.39, 0.29) is 10.3 Å². The molecule has 2 nitrogen and oxygen atoms in total. The Bertz CT molecular complexity index is 267. The smallest absolute Gasteiger partial charge is 0.192 e. The minimum atomic E-state index is -1.69. The predicted octanol–water partition coefficient (Wildman–Crippen LogP) is 4.38. The summed E-state index contributed by atoms with van der Waals surface area (Å²) in [6.45, 7) is 21.9. The zero-order valence-electron chi connectivity index (χ0n) is 14.1. The molecule has 0 amide bonds. The molecule has 0 saturated heterocycles. The second-order valence-corrected chi connectivity index (χ2v) is 18.3. The van der Waals surface area contributed by atoms with Gasteiger partial charge in [-0.3, -0.25) is 0 Å². The van der Waals surface area contributed by atoms with Crippen LogP contribution in [-0.4, -0.2) is 28.2 Å². The molecule has 0 aromatic rings. The Labute approximate surface area is 117 Å². The van der Waals surface area contributed by atoms with Crippen LogP contribution in [0.3, 0.4) is 0 Å². The van der Waals surface area contributed by atoms with E-state index in [9.17, 15) is 0 Å². The monoisotopic (exact) mass is 289 g/mol. The highest BCUT2D eigenvalue weighted by Crippen LogP contribution is 2.41. The Hall–Kier alpha value is 0.354. The fourth-order valence-electron chi connectivity index (χ4n) is 1.77. The van der Waals surface area contributed by atoms with Gasteiger partial charge in [0.1, 0.15) is 0 Å². The molecule has 18 heavy (non-hydrogen) atoms. The van der Waals surface area contributed by atoms with Crippen molar-refractivity contribution in [2.75, 3.05) is 6.54 Å². The first-order valence-electron chi connectivity index (χ1n) is 7.17. The molecule has 0 fully saturated rings. The second-order valence-electron chi connectivity index (χ2n) is 8.15. The molecule has 0 aliphatic rings.